The van der Waals surface area contributed by atoms with Gasteiger partial charge < -0.3 is 36.9 Å². The van der Waals surface area contributed by atoms with Crippen LogP contribution >= 0.6 is 11.8 Å². The lowest BCUT2D eigenvalue weighted by molar-refractivity contribution is -0.143. The number of aliphatic carboxylic acids is 2. The summed E-state index contributed by atoms with van der Waals surface area (Å²) in [5, 5.41) is 27.1. The summed E-state index contributed by atoms with van der Waals surface area (Å²) in [4.78, 5) is 65.1. The minimum Gasteiger partial charge on any atom is -0.481 e. The molecule has 1 aromatic carbocycles. The molecule has 1 heterocycles. The van der Waals surface area contributed by atoms with E-state index in [0.29, 0.717) is 12.2 Å². The van der Waals surface area contributed by atoms with Crippen LogP contribution in [0.5, 0.6) is 0 Å². The van der Waals surface area contributed by atoms with Gasteiger partial charge in [0.1, 0.15) is 18.1 Å². The summed E-state index contributed by atoms with van der Waals surface area (Å²) in [7, 11) is 0. The van der Waals surface area contributed by atoms with Gasteiger partial charge in [0.2, 0.25) is 17.7 Å². The van der Waals surface area contributed by atoms with E-state index in [-0.39, 0.29) is 12.8 Å². The molecule has 2 rings (SSSR count). The van der Waals surface area contributed by atoms with Gasteiger partial charge in [-0.15, -0.1) is 0 Å². The molecule has 13 heteroatoms. The monoisotopic (exact) mass is 563 g/mol. The molecule has 0 fully saturated rings. The van der Waals surface area contributed by atoms with E-state index in [4.69, 9.17) is 5.73 Å². The summed E-state index contributed by atoms with van der Waals surface area (Å²) in [5.74, 6) is -4.77. The lowest BCUT2D eigenvalue weighted by Gasteiger charge is -2.27. The maximum Gasteiger partial charge on any atom is 0.326 e. The molecule has 12 nitrogen and oxygen atoms in total. The van der Waals surface area contributed by atoms with Crippen molar-refractivity contribution in [1.29, 1.82) is 0 Å². The van der Waals surface area contributed by atoms with Gasteiger partial charge >= 0.3 is 11.9 Å². The van der Waals surface area contributed by atoms with E-state index in [2.05, 4.69) is 20.9 Å². The predicted molar refractivity (Wildman–Crippen MR) is 148 cm³/mol. The summed E-state index contributed by atoms with van der Waals surface area (Å²) in [5.41, 5.74) is 7.75. The minimum absolute atomic E-state index is 0.141. The van der Waals surface area contributed by atoms with Gasteiger partial charge in [0.05, 0.1) is 12.5 Å². The molecule has 0 radical (unpaired) electrons. The molecule has 0 aliphatic rings. The molecule has 3 amide bonds. The number of hydrogen-bond acceptors (Lipinski definition) is 7. The number of para-hydroxylation sites is 1. The molecular weight excluding hydrogens is 526 g/mol. The lowest BCUT2D eigenvalue weighted by Crippen LogP contribution is -2.59. The van der Waals surface area contributed by atoms with Gasteiger partial charge in [-0.05, 0) is 42.4 Å². The van der Waals surface area contributed by atoms with Crippen LogP contribution in [0.25, 0.3) is 10.9 Å². The molecule has 2 aromatic rings. The van der Waals surface area contributed by atoms with E-state index in [0.717, 1.165) is 16.5 Å². The Morgan fingerprint density at radius 1 is 1.00 bits per heavy atom. The Bertz CT molecular complexity index is 1170. The minimum atomic E-state index is -1.50. The molecule has 214 valence electrons. The van der Waals surface area contributed by atoms with E-state index in [9.17, 15) is 34.2 Å². The van der Waals surface area contributed by atoms with Gasteiger partial charge in [0.15, 0.2) is 0 Å². The maximum atomic E-state index is 13.1. The van der Waals surface area contributed by atoms with Gasteiger partial charge in [0.25, 0.3) is 0 Å². The predicted octanol–water partition coefficient (Wildman–Crippen LogP) is 0.851. The average molecular weight is 564 g/mol. The third-order valence-electron chi connectivity index (χ3n) is 6.48. The number of H-pyrrole nitrogens is 1. The van der Waals surface area contributed by atoms with Crippen LogP contribution in [0, 0.1) is 5.92 Å². The molecule has 1 aromatic heterocycles. The van der Waals surface area contributed by atoms with Crippen LogP contribution in [-0.4, -0.2) is 81.0 Å². The first kappa shape index (κ1) is 31.6. The number of nitrogens with one attached hydrogen (secondary N) is 4. The number of nitrogens with two attached hydrogens (primary N) is 1. The highest BCUT2D eigenvalue weighted by Gasteiger charge is 2.33. The number of hydrogen-bond donors (Lipinski definition) is 7. The fraction of sp³-hybridized carbons (Fsp3) is 0.500. The molecule has 0 aliphatic carbocycles. The number of amides is 3. The van der Waals surface area contributed by atoms with Crippen molar-refractivity contribution in [3.8, 4) is 0 Å². The zero-order valence-electron chi connectivity index (χ0n) is 22.2. The van der Waals surface area contributed by atoms with E-state index in [1.807, 2.05) is 30.5 Å². The molecule has 5 unspecified atom stereocenters. The highest BCUT2D eigenvalue weighted by molar-refractivity contribution is 7.98. The van der Waals surface area contributed by atoms with Gasteiger partial charge in [-0.1, -0.05) is 38.5 Å². The number of thioether (sulfide) groups is 1. The van der Waals surface area contributed by atoms with Crippen LogP contribution in [0.1, 0.15) is 38.7 Å². The fourth-order valence-corrected chi connectivity index (χ4v) is 4.47. The van der Waals surface area contributed by atoms with E-state index < -0.39 is 66.2 Å². The van der Waals surface area contributed by atoms with Crippen LogP contribution in [0.3, 0.4) is 0 Å². The zero-order valence-corrected chi connectivity index (χ0v) is 23.0. The van der Waals surface area contributed by atoms with Crippen molar-refractivity contribution in [1.82, 2.24) is 20.9 Å². The fourth-order valence-electron chi connectivity index (χ4n) is 4.00. The molecule has 0 bridgehead atoms. The third-order valence-corrected chi connectivity index (χ3v) is 7.13. The van der Waals surface area contributed by atoms with Crippen molar-refractivity contribution < 1.29 is 34.2 Å². The van der Waals surface area contributed by atoms with E-state index >= 15 is 0 Å². The number of carboxylic acid groups (broad SMARTS) is 2. The van der Waals surface area contributed by atoms with Crippen molar-refractivity contribution in [2.75, 3.05) is 12.0 Å². The van der Waals surface area contributed by atoms with Crippen molar-refractivity contribution in [3.05, 3.63) is 36.0 Å². The molecule has 39 heavy (non-hydrogen) atoms. The highest BCUT2D eigenvalue weighted by atomic mass is 32.2. The van der Waals surface area contributed by atoms with Crippen LogP contribution in [-0.2, 0) is 30.4 Å². The number of aromatic amines is 1. The smallest absolute Gasteiger partial charge is 0.326 e. The van der Waals surface area contributed by atoms with Crippen molar-refractivity contribution in [2.45, 2.75) is 63.7 Å². The second kappa shape index (κ2) is 15.1. The standard InChI is InChI=1S/C26H37N5O7S/c1-4-14(2)22(25(36)29-19(26(37)38)9-10-39-3)31-24(35)20(12-21(32)33)30-23(34)17(27)11-15-13-28-18-8-6-5-7-16(15)18/h5-8,13-14,17,19-20,22,28H,4,9-12,27H2,1-3H3,(H,29,36)(H,30,34)(H,31,35)(H,32,33)(H,37,38). The lowest BCUT2D eigenvalue weighted by atomic mass is 9.97. The maximum absolute atomic E-state index is 13.1. The molecule has 0 saturated carbocycles. The Morgan fingerprint density at radius 3 is 2.28 bits per heavy atom. The second-order valence-corrected chi connectivity index (χ2v) is 10.4. The highest BCUT2D eigenvalue weighted by Crippen LogP contribution is 2.19. The largest absolute Gasteiger partial charge is 0.481 e. The normalized spacial score (nSPS) is 15.0. The van der Waals surface area contributed by atoms with Crippen LogP contribution in [0.2, 0.25) is 0 Å². The molecule has 5 atom stereocenters. The van der Waals surface area contributed by atoms with Gasteiger partial charge in [0, 0.05) is 17.1 Å². The van der Waals surface area contributed by atoms with Crippen molar-refractivity contribution in [2.24, 2.45) is 11.7 Å². The van der Waals surface area contributed by atoms with Crippen LogP contribution in [0.4, 0.5) is 0 Å². The number of carbonyl (C=O) groups excluding carboxylic acids is 3. The third kappa shape index (κ3) is 9.29. The first-order valence-electron chi connectivity index (χ1n) is 12.6. The number of rotatable bonds is 16. The van der Waals surface area contributed by atoms with Crippen molar-refractivity contribution >= 4 is 52.3 Å². The first-order chi connectivity index (χ1) is 18.5. The van der Waals surface area contributed by atoms with E-state index in [1.165, 1.54) is 11.8 Å². The number of benzene rings is 1. The van der Waals surface area contributed by atoms with Gasteiger partial charge in [-0.25, -0.2) is 4.79 Å². The summed E-state index contributed by atoms with van der Waals surface area (Å²) in [6.07, 6.45) is 3.60. The first-order valence-corrected chi connectivity index (χ1v) is 14.0. The number of carbonyl (C=O) groups is 5. The molecule has 0 spiro atoms. The number of aromatic nitrogens is 1. The molecular formula is C26H37N5O7S. The van der Waals surface area contributed by atoms with Gasteiger partial charge in [-0.3, -0.25) is 19.2 Å². The Morgan fingerprint density at radius 2 is 1.67 bits per heavy atom. The Kier molecular flexibility index (Phi) is 12.3. The van der Waals surface area contributed by atoms with E-state index in [1.54, 1.807) is 20.0 Å². The average Bonchev–Trinajstić information content (AvgIpc) is 3.30. The van der Waals surface area contributed by atoms with Crippen LogP contribution in [0.15, 0.2) is 30.5 Å². The summed E-state index contributed by atoms with van der Waals surface area (Å²) >= 11 is 1.43. The quantitative estimate of drug-likeness (QED) is 0.154. The number of carboxylic acids is 2. The number of fused-ring (bicyclic) bond motifs is 1. The second-order valence-electron chi connectivity index (χ2n) is 9.38. The molecule has 8 N–H and O–H groups in total. The topological polar surface area (TPSA) is 204 Å². The Hall–Kier alpha value is -3.58. The summed E-state index contributed by atoms with van der Waals surface area (Å²) in [6.45, 7) is 3.49. The zero-order chi connectivity index (χ0) is 29.1. The van der Waals surface area contributed by atoms with Gasteiger partial charge in [-0.2, -0.15) is 11.8 Å². The Balaban J connectivity index is 2.14. The van der Waals surface area contributed by atoms with Crippen LogP contribution < -0.4 is 21.7 Å². The summed E-state index contributed by atoms with van der Waals surface area (Å²) in [6, 6.07) is 2.60. The summed E-state index contributed by atoms with van der Waals surface area (Å²) < 4.78 is 0. The molecule has 0 aliphatic heterocycles. The SMILES string of the molecule is CCC(C)C(NC(=O)C(CC(=O)O)NC(=O)C(N)Cc1c[nH]c2ccccc12)C(=O)NC(CCSC)C(=O)O. The van der Waals surface area contributed by atoms with Crippen molar-refractivity contribution in [3.63, 3.8) is 0 Å². The Labute approximate surface area is 230 Å². The molecule has 0 saturated heterocycles.